The van der Waals surface area contributed by atoms with Crippen molar-refractivity contribution in [3.63, 3.8) is 0 Å². The van der Waals surface area contributed by atoms with Gasteiger partial charge in [0.05, 0.1) is 13.7 Å². The Kier molecular flexibility index (Phi) is 3.08. The highest BCUT2D eigenvalue weighted by atomic mass is 16.6. The van der Waals surface area contributed by atoms with Crippen molar-refractivity contribution < 1.29 is 9.57 Å². The third-order valence-corrected chi connectivity index (χ3v) is 1.67. The molecule has 0 aliphatic rings. The quantitative estimate of drug-likeness (QED) is 0.692. The number of hydrogen-bond acceptors (Lipinski definition) is 3. The van der Waals surface area contributed by atoms with Gasteiger partial charge in [0.2, 0.25) is 0 Å². The van der Waals surface area contributed by atoms with E-state index in [0.717, 1.165) is 11.3 Å². The van der Waals surface area contributed by atoms with Crippen LogP contribution in [0.5, 0.6) is 5.75 Å². The normalized spacial score (nSPS) is 9.92. The minimum Gasteiger partial charge on any atom is -0.496 e. The van der Waals surface area contributed by atoms with Crippen LogP contribution >= 0.6 is 0 Å². The van der Waals surface area contributed by atoms with Gasteiger partial charge in [-0.2, -0.15) is 0 Å². The van der Waals surface area contributed by atoms with Crippen molar-refractivity contribution in [2.45, 2.75) is 13.5 Å². The maximum Gasteiger partial charge on any atom is 0.124 e. The molecule has 0 aliphatic heterocycles. The van der Waals surface area contributed by atoms with Crippen molar-refractivity contribution in [2.24, 2.45) is 5.90 Å². The molecule has 1 aromatic carbocycles. The second kappa shape index (κ2) is 4.09. The third-order valence-electron chi connectivity index (χ3n) is 1.67. The SMILES string of the molecule is COc1ccc(C)cc1CON. The molecule has 0 saturated carbocycles. The Morgan fingerprint density at radius 3 is 2.75 bits per heavy atom. The first kappa shape index (κ1) is 9.03. The molecule has 1 rings (SSSR count). The molecule has 12 heavy (non-hydrogen) atoms. The molecule has 0 amide bonds. The largest absolute Gasteiger partial charge is 0.496 e. The number of rotatable bonds is 3. The molecule has 0 radical (unpaired) electrons. The molecule has 0 bridgehead atoms. The van der Waals surface area contributed by atoms with Gasteiger partial charge in [0, 0.05) is 5.56 Å². The van der Waals surface area contributed by atoms with Gasteiger partial charge in [-0.05, 0) is 19.1 Å². The van der Waals surface area contributed by atoms with E-state index in [0.29, 0.717) is 6.61 Å². The highest BCUT2D eigenvalue weighted by Crippen LogP contribution is 2.19. The zero-order valence-electron chi connectivity index (χ0n) is 7.33. The zero-order valence-corrected chi connectivity index (χ0v) is 7.33. The Labute approximate surface area is 72.0 Å². The van der Waals surface area contributed by atoms with Crippen LogP contribution in [0.3, 0.4) is 0 Å². The van der Waals surface area contributed by atoms with Crippen molar-refractivity contribution in [2.75, 3.05) is 7.11 Å². The first-order valence-electron chi connectivity index (χ1n) is 3.73. The van der Waals surface area contributed by atoms with Crippen molar-refractivity contribution in [3.05, 3.63) is 29.3 Å². The number of ether oxygens (including phenoxy) is 1. The molecule has 3 heteroatoms. The number of methoxy groups -OCH3 is 1. The zero-order chi connectivity index (χ0) is 8.97. The van der Waals surface area contributed by atoms with Crippen LogP contribution in [0.1, 0.15) is 11.1 Å². The molecule has 3 nitrogen and oxygen atoms in total. The predicted molar refractivity (Wildman–Crippen MR) is 46.7 cm³/mol. The fourth-order valence-electron chi connectivity index (χ4n) is 1.11. The molecule has 0 fully saturated rings. The lowest BCUT2D eigenvalue weighted by molar-refractivity contribution is 0.122. The van der Waals surface area contributed by atoms with Gasteiger partial charge in [-0.15, -0.1) is 0 Å². The van der Waals surface area contributed by atoms with E-state index in [1.807, 2.05) is 25.1 Å². The van der Waals surface area contributed by atoms with E-state index in [-0.39, 0.29) is 0 Å². The number of nitrogens with two attached hydrogens (primary N) is 1. The minimum absolute atomic E-state index is 0.380. The van der Waals surface area contributed by atoms with Gasteiger partial charge >= 0.3 is 0 Å². The third kappa shape index (κ3) is 1.96. The molecule has 2 N–H and O–H groups in total. The van der Waals surface area contributed by atoms with Crippen LogP contribution in [-0.4, -0.2) is 7.11 Å². The Bertz CT molecular complexity index is 261. The van der Waals surface area contributed by atoms with E-state index in [1.165, 1.54) is 5.56 Å². The Balaban J connectivity index is 2.95. The molecule has 0 atom stereocenters. The van der Waals surface area contributed by atoms with Crippen molar-refractivity contribution >= 4 is 0 Å². The van der Waals surface area contributed by atoms with Crippen molar-refractivity contribution in [1.82, 2.24) is 0 Å². The van der Waals surface area contributed by atoms with Crippen LogP contribution in [-0.2, 0) is 11.4 Å². The van der Waals surface area contributed by atoms with Crippen LogP contribution in [0.2, 0.25) is 0 Å². The average molecular weight is 167 g/mol. The topological polar surface area (TPSA) is 44.5 Å². The monoisotopic (exact) mass is 167 g/mol. The van der Waals surface area contributed by atoms with Gasteiger partial charge in [-0.3, -0.25) is 4.84 Å². The highest BCUT2D eigenvalue weighted by Gasteiger charge is 2.01. The standard InChI is InChI=1S/C9H13NO2/c1-7-3-4-9(11-2)8(5-7)6-12-10/h3-5H,6,10H2,1-2H3. The van der Waals surface area contributed by atoms with Crippen LogP contribution in [0.15, 0.2) is 18.2 Å². The smallest absolute Gasteiger partial charge is 0.124 e. The van der Waals surface area contributed by atoms with E-state index >= 15 is 0 Å². The van der Waals surface area contributed by atoms with Gasteiger partial charge in [0.1, 0.15) is 5.75 Å². The molecule has 0 aliphatic carbocycles. The average Bonchev–Trinajstić information content (AvgIpc) is 2.05. The molecule has 0 aromatic heterocycles. The molecule has 0 unspecified atom stereocenters. The maximum atomic E-state index is 5.12. The summed E-state index contributed by atoms with van der Waals surface area (Å²) in [6, 6.07) is 5.88. The van der Waals surface area contributed by atoms with Crippen molar-refractivity contribution in [1.29, 1.82) is 0 Å². The molecule has 0 saturated heterocycles. The molecule has 0 spiro atoms. The number of benzene rings is 1. The second-order valence-corrected chi connectivity index (χ2v) is 2.63. The van der Waals surface area contributed by atoms with Gasteiger partial charge < -0.3 is 4.74 Å². The molecular weight excluding hydrogens is 154 g/mol. The number of aryl methyl sites for hydroxylation is 1. The summed E-state index contributed by atoms with van der Waals surface area (Å²) in [7, 11) is 1.63. The fraction of sp³-hybridized carbons (Fsp3) is 0.333. The summed E-state index contributed by atoms with van der Waals surface area (Å²) in [5, 5.41) is 0. The van der Waals surface area contributed by atoms with E-state index in [2.05, 4.69) is 4.84 Å². The number of hydrogen-bond donors (Lipinski definition) is 1. The molecule has 66 valence electrons. The van der Waals surface area contributed by atoms with Crippen molar-refractivity contribution in [3.8, 4) is 5.75 Å². The summed E-state index contributed by atoms with van der Waals surface area (Å²) in [5.41, 5.74) is 2.14. The summed E-state index contributed by atoms with van der Waals surface area (Å²) in [6.45, 7) is 2.39. The van der Waals surface area contributed by atoms with Gasteiger partial charge in [0.25, 0.3) is 0 Å². The van der Waals surface area contributed by atoms with Gasteiger partial charge in [-0.1, -0.05) is 11.6 Å². The summed E-state index contributed by atoms with van der Waals surface area (Å²) in [5.74, 6) is 5.79. The Morgan fingerprint density at radius 2 is 2.17 bits per heavy atom. The van der Waals surface area contributed by atoms with E-state index in [9.17, 15) is 0 Å². The van der Waals surface area contributed by atoms with E-state index < -0.39 is 0 Å². The van der Waals surface area contributed by atoms with Crippen LogP contribution in [0, 0.1) is 6.92 Å². The van der Waals surface area contributed by atoms with Crippen LogP contribution in [0.25, 0.3) is 0 Å². The molecular formula is C9H13NO2. The summed E-state index contributed by atoms with van der Waals surface area (Å²) in [6.07, 6.45) is 0. The van der Waals surface area contributed by atoms with Gasteiger partial charge in [-0.25, -0.2) is 5.90 Å². The summed E-state index contributed by atoms with van der Waals surface area (Å²) < 4.78 is 5.12. The summed E-state index contributed by atoms with van der Waals surface area (Å²) in [4.78, 5) is 4.55. The lowest BCUT2D eigenvalue weighted by atomic mass is 10.1. The maximum absolute atomic E-state index is 5.12. The first-order valence-corrected chi connectivity index (χ1v) is 3.73. The van der Waals surface area contributed by atoms with Crippen LogP contribution < -0.4 is 10.6 Å². The molecule has 1 aromatic rings. The molecule has 0 heterocycles. The van der Waals surface area contributed by atoms with Crippen LogP contribution in [0.4, 0.5) is 0 Å². The first-order chi connectivity index (χ1) is 5.77. The minimum atomic E-state index is 0.380. The van der Waals surface area contributed by atoms with E-state index in [4.69, 9.17) is 10.6 Å². The fourth-order valence-corrected chi connectivity index (χ4v) is 1.11. The van der Waals surface area contributed by atoms with Gasteiger partial charge in [0.15, 0.2) is 0 Å². The highest BCUT2D eigenvalue weighted by molar-refractivity contribution is 5.36. The Morgan fingerprint density at radius 1 is 1.42 bits per heavy atom. The second-order valence-electron chi connectivity index (χ2n) is 2.63. The summed E-state index contributed by atoms with van der Waals surface area (Å²) >= 11 is 0. The lowest BCUT2D eigenvalue weighted by Gasteiger charge is -2.07. The Hall–Kier alpha value is -1.06. The predicted octanol–water partition coefficient (Wildman–Crippen LogP) is 1.39. The lowest BCUT2D eigenvalue weighted by Crippen LogP contribution is -2.01. The van der Waals surface area contributed by atoms with E-state index in [1.54, 1.807) is 7.11 Å².